The highest BCUT2D eigenvalue weighted by Crippen LogP contribution is 2.20. The number of hydrogen-bond acceptors (Lipinski definition) is 2. The van der Waals surface area contributed by atoms with Crippen molar-refractivity contribution in [2.24, 2.45) is 5.73 Å². The van der Waals surface area contributed by atoms with Gasteiger partial charge in [0.1, 0.15) is 0 Å². The maximum absolute atomic E-state index is 6.00. The van der Waals surface area contributed by atoms with Gasteiger partial charge in [0.2, 0.25) is 0 Å². The van der Waals surface area contributed by atoms with E-state index < -0.39 is 0 Å². The lowest BCUT2D eigenvalue weighted by Gasteiger charge is -2.23. The van der Waals surface area contributed by atoms with Crippen molar-refractivity contribution in [1.29, 1.82) is 0 Å². The van der Waals surface area contributed by atoms with Gasteiger partial charge >= 0.3 is 0 Å². The van der Waals surface area contributed by atoms with Crippen LogP contribution in [0.4, 0.5) is 0 Å². The van der Waals surface area contributed by atoms with E-state index in [4.69, 9.17) is 10.5 Å². The molecule has 2 N–H and O–H groups in total. The summed E-state index contributed by atoms with van der Waals surface area (Å²) in [7, 11) is 0. The van der Waals surface area contributed by atoms with Crippen LogP contribution in [0.5, 0.6) is 0 Å². The molecule has 1 aliphatic rings. The van der Waals surface area contributed by atoms with E-state index in [-0.39, 0.29) is 6.04 Å². The van der Waals surface area contributed by atoms with E-state index >= 15 is 0 Å². The van der Waals surface area contributed by atoms with Gasteiger partial charge in [-0.15, -0.1) is 0 Å². The minimum absolute atomic E-state index is 0.273. The molecule has 1 fully saturated rings. The van der Waals surface area contributed by atoms with Gasteiger partial charge in [0.05, 0.1) is 12.2 Å². The standard InChI is InChI=1S/C10H21NO/c1-8(2)12-10-7-5-3-4-6-9(10)11/h8-10H,3-7,11H2,1-2H3/t9-,10+/m1/s1. The molecule has 0 unspecified atom stereocenters. The van der Waals surface area contributed by atoms with E-state index in [1.807, 2.05) is 0 Å². The smallest absolute Gasteiger partial charge is 0.0729 e. The predicted molar refractivity (Wildman–Crippen MR) is 51.1 cm³/mol. The molecule has 2 atom stereocenters. The lowest BCUT2D eigenvalue weighted by atomic mass is 10.1. The van der Waals surface area contributed by atoms with E-state index in [2.05, 4.69) is 13.8 Å². The second-order valence-electron chi connectivity index (χ2n) is 4.03. The predicted octanol–water partition coefficient (Wildman–Crippen LogP) is 2.07. The Morgan fingerprint density at radius 2 is 1.83 bits per heavy atom. The van der Waals surface area contributed by atoms with Gasteiger partial charge in [0.25, 0.3) is 0 Å². The Hall–Kier alpha value is -0.0800. The lowest BCUT2D eigenvalue weighted by Crippen LogP contribution is -2.37. The first-order valence-corrected chi connectivity index (χ1v) is 5.11. The average molecular weight is 171 g/mol. The third-order valence-corrected chi connectivity index (χ3v) is 2.45. The summed E-state index contributed by atoms with van der Waals surface area (Å²) in [5.41, 5.74) is 6.00. The van der Waals surface area contributed by atoms with Crippen LogP contribution in [-0.4, -0.2) is 18.2 Å². The van der Waals surface area contributed by atoms with E-state index in [1.165, 1.54) is 19.3 Å². The fourth-order valence-corrected chi connectivity index (χ4v) is 1.82. The molecule has 0 aromatic carbocycles. The van der Waals surface area contributed by atoms with Crippen LogP contribution in [0.2, 0.25) is 0 Å². The van der Waals surface area contributed by atoms with Gasteiger partial charge in [0, 0.05) is 6.04 Å². The van der Waals surface area contributed by atoms with Gasteiger partial charge in [0.15, 0.2) is 0 Å². The van der Waals surface area contributed by atoms with Crippen molar-refractivity contribution in [3.05, 3.63) is 0 Å². The molecule has 72 valence electrons. The average Bonchev–Trinajstić information content (AvgIpc) is 2.16. The fraction of sp³-hybridized carbons (Fsp3) is 1.00. The number of rotatable bonds is 2. The van der Waals surface area contributed by atoms with E-state index in [0.717, 1.165) is 12.8 Å². The summed E-state index contributed by atoms with van der Waals surface area (Å²) in [5.74, 6) is 0. The molecule has 0 amide bonds. The van der Waals surface area contributed by atoms with Gasteiger partial charge < -0.3 is 10.5 Å². The molecular formula is C10H21NO. The van der Waals surface area contributed by atoms with Crippen LogP contribution in [0, 0.1) is 0 Å². The molecule has 1 saturated carbocycles. The SMILES string of the molecule is CC(C)O[C@H]1CCCCC[C@H]1N. The molecule has 0 aromatic heterocycles. The quantitative estimate of drug-likeness (QED) is 0.645. The van der Waals surface area contributed by atoms with Gasteiger partial charge in [-0.3, -0.25) is 0 Å². The minimum Gasteiger partial charge on any atom is -0.374 e. The highest BCUT2D eigenvalue weighted by molar-refractivity contribution is 4.77. The Labute approximate surface area is 75.5 Å². The molecule has 2 nitrogen and oxygen atoms in total. The maximum Gasteiger partial charge on any atom is 0.0729 e. The van der Waals surface area contributed by atoms with E-state index in [1.54, 1.807) is 0 Å². The van der Waals surface area contributed by atoms with Crippen LogP contribution in [0.3, 0.4) is 0 Å². The fourth-order valence-electron chi connectivity index (χ4n) is 1.82. The number of hydrogen-bond donors (Lipinski definition) is 1. The zero-order valence-electron chi connectivity index (χ0n) is 8.25. The van der Waals surface area contributed by atoms with E-state index in [0.29, 0.717) is 12.2 Å². The summed E-state index contributed by atoms with van der Waals surface area (Å²) in [4.78, 5) is 0. The van der Waals surface area contributed by atoms with Crippen molar-refractivity contribution in [2.75, 3.05) is 0 Å². The Morgan fingerprint density at radius 3 is 2.50 bits per heavy atom. The van der Waals surface area contributed by atoms with Gasteiger partial charge in [-0.1, -0.05) is 19.3 Å². The van der Waals surface area contributed by atoms with Crippen LogP contribution >= 0.6 is 0 Å². The number of ether oxygens (including phenoxy) is 1. The van der Waals surface area contributed by atoms with Crippen molar-refractivity contribution in [3.63, 3.8) is 0 Å². The van der Waals surface area contributed by atoms with Crippen LogP contribution < -0.4 is 5.73 Å². The first kappa shape index (κ1) is 10.0. The molecule has 0 spiro atoms. The second kappa shape index (κ2) is 4.83. The molecule has 0 radical (unpaired) electrons. The molecule has 2 heteroatoms. The topological polar surface area (TPSA) is 35.2 Å². The van der Waals surface area contributed by atoms with Crippen LogP contribution in [-0.2, 0) is 4.74 Å². The molecule has 0 bridgehead atoms. The summed E-state index contributed by atoms with van der Waals surface area (Å²) in [6.07, 6.45) is 6.80. The zero-order chi connectivity index (χ0) is 8.97. The summed E-state index contributed by atoms with van der Waals surface area (Å²) in [6.45, 7) is 4.16. The summed E-state index contributed by atoms with van der Waals surface area (Å²) in [6, 6.07) is 0.273. The monoisotopic (exact) mass is 171 g/mol. The first-order chi connectivity index (χ1) is 5.70. The van der Waals surface area contributed by atoms with Gasteiger partial charge in [-0.2, -0.15) is 0 Å². The van der Waals surface area contributed by atoms with Crippen molar-refractivity contribution in [3.8, 4) is 0 Å². The van der Waals surface area contributed by atoms with Crippen LogP contribution in [0.1, 0.15) is 46.0 Å². The minimum atomic E-state index is 0.273. The second-order valence-corrected chi connectivity index (χ2v) is 4.03. The Balaban J connectivity index is 2.36. The van der Waals surface area contributed by atoms with Crippen molar-refractivity contribution in [2.45, 2.75) is 64.2 Å². The largest absolute Gasteiger partial charge is 0.374 e. The molecule has 0 aliphatic heterocycles. The molecule has 0 aromatic rings. The molecule has 0 saturated heterocycles. The zero-order valence-corrected chi connectivity index (χ0v) is 8.25. The molecule has 0 heterocycles. The summed E-state index contributed by atoms with van der Waals surface area (Å²) < 4.78 is 5.76. The van der Waals surface area contributed by atoms with Crippen molar-refractivity contribution in [1.82, 2.24) is 0 Å². The molecular weight excluding hydrogens is 150 g/mol. The number of nitrogens with two attached hydrogens (primary N) is 1. The normalized spacial score (nSPS) is 32.0. The third kappa shape index (κ3) is 3.11. The van der Waals surface area contributed by atoms with Crippen molar-refractivity contribution < 1.29 is 4.74 Å². The maximum atomic E-state index is 6.00. The third-order valence-electron chi connectivity index (χ3n) is 2.45. The molecule has 12 heavy (non-hydrogen) atoms. The van der Waals surface area contributed by atoms with Gasteiger partial charge in [-0.25, -0.2) is 0 Å². The summed E-state index contributed by atoms with van der Waals surface area (Å²) >= 11 is 0. The van der Waals surface area contributed by atoms with Crippen molar-refractivity contribution >= 4 is 0 Å². The highest BCUT2D eigenvalue weighted by Gasteiger charge is 2.21. The first-order valence-electron chi connectivity index (χ1n) is 5.11. The molecule has 1 rings (SSSR count). The van der Waals surface area contributed by atoms with Gasteiger partial charge in [-0.05, 0) is 26.7 Å². The Morgan fingerprint density at radius 1 is 1.17 bits per heavy atom. The summed E-state index contributed by atoms with van der Waals surface area (Å²) in [5, 5.41) is 0. The van der Waals surface area contributed by atoms with Crippen LogP contribution in [0.25, 0.3) is 0 Å². The Kier molecular flexibility index (Phi) is 4.02. The highest BCUT2D eigenvalue weighted by atomic mass is 16.5. The van der Waals surface area contributed by atoms with Crippen LogP contribution in [0.15, 0.2) is 0 Å². The van der Waals surface area contributed by atoms with E-state index in [9.17, 15) is 0 Å². The lowest BCUT2D eigenvalue weighted by molar-refractivity contribution is -0.00985. The molecule has 1 aliphatic carbocycles. The Bertz CT molecular complexity index is 125.